The minimum absolute atomic E-state index is 0.146. The Labute approximate surface area is 103 Å². The van der Waals surface area contributed by atoms with E-state index >= 15 is 0 Å². The number of hydrogen-bond donors (Lipinski definition) is 0. The molecule has 0 aromatic carbocycles. The van der Waals surface area contributed by atoms with Gasteiger partial charge in [0, 0.05) is 23.0 Å². The first kappa shape index (κ1) is 13.1. The molecule has 0 amide bonds. The molecule has 4 nitrogen and oxygen atoms in total. The SMILES string of the molecule is Cc1ccnc(CC(Br)C(C)C)c1[N+](=O)[O-]. The highest BCUT2D eigenvalue weighted by molar-refractivity contribution is 9.09. The Morgan fingerprint density at radius 1 is 1.56 bits per heavy atom. The van der Waals surface area contributed by atoms with Gasteiger partial charge >= 0.3 is 0 Å². The fourth-order valence-electron chi connectivity index (χ4n) is 1.43. The summed E-state index contributed by atoms with van der Waals surface area (Å²) in [5.41, 5.74) is 1.37. The third kappa shape index (κ3) is 3.01. The normalized spacial score (nSPS) is 12.8. The molecule has 0 aliphatic heterocycles. The van der Waals surface area contributed by atoms with Gasteiger partial charge in [-0.05, 0) is 18.9 Å². The number of nitrogens with zero attached hydrogens (tertiary/aromatic N) is 2. The van der Waals surface area contributed by atoms with Gasteiger partial charge < -0.3 is 0 Å². The Morgan fingerprint density at radius 2 is 2.19 bits per heavy atom. The molecule has 5 heteroatoms. The molecule has 1 aromatic heterocycles. The quantitative estimate of drug-likeness (QED) is 0.485. The Balaban J connectivity index is 3.04. The molecule has 1 rings (SSSR count). The van der Waals surface area contributed by atoms with Gasteiger partial charge in [-0.25, -0.2) is 0 Å². The van der Waals surface area contributed by atoms with E-state index in [1.807, 2.05) is 0 Å². The van der Waals surface area contributed by atoms with Crippen LogP contribution in [-0.2, 0) is 6.42 Å². The third-order valence-electron chi connectivity index (χ3n) is 2.50. The van der Waals surface area contributed by atoms with Crippen molar-refractivity contribution in [3.05, 3.63) is 33.6 Å². The summed E-state index contributed by atoms with van der Waals surface area (Å²) in [6.07, 6.45) is 2.20. The predicted molar refractivity (Wildman–Crippen MR) is 66.9 cm³/mol. The van der Waals surface area contributed by atoms with Crippen LogP contribution in [0.2, 0.25) is 0 Å². The van der Waals surface area contributed by atoms with Gasteiger partial charge in [-0.1, -0.05) is 29.8 Å². The average molecular weight is 287 g/mol. The van der Waals surface area contributed by atoms with E-state index < -0.39 is 0 Å². The number of pyridine rings is 1. The molecule has 1 unspecified atom stereocenters. The molecule has 0 N–H and O–H groups in total. The predicted octanol–water partition coefficient (Wildman–Crippen LogP) is 3.26. The fraction of sp³-hybridized carbons (Fsp3) is 0.545. The number of aryl methyl sites for hydroxylation is 1. The summed E-state index contributed by atoms with van der Waals surface area (Å²) in [5.74, 6) is 0.418. The highest BCUT2D eigenvalue weighted by Crippen LogP contribution is 2.25. The van der Waals surface area contributed by atoms with Gasteiger partial charge in [0.15, 0.2) is 0 Å². The minimum Gasteiger partial charge on any atom is -0.258 e. The average Bonchev–Trinajstić information content (AvgIpc) is 2.16. The first-order valence-corrected chi connectivity index (χ1v) is 6.08. The van der Waals surface area contributed by atoms with Crippen molar-refractivity contribution in [2.24, 2.45) is 5.92 Å². The largest absolute Gasteiger partial charge is 0.293 e. The van der Waals surface area contributed by atoms with Gasteiger partial charge in [-0.3, -0.25) is 15.1 Å². The number of aromatic nitrogens is 1. The third-order valence-corrected chi connectivity index (χ3v) is 3.88. The maximum atomic E-state index is 10.9. The van der Waals surface area contributed by atoms with E-state index in [9.17, 15) is 10.1 Å². The smallest absolute Gasteiger partial charge is 0.258 e. The Bertz CT molecular complexity index is 394. The van der Waals surface area contributed by atoms with Crippen molar-refractivity contribution in [2.45, 2.75) is 32.0 Å². The van der Waals surface area contributed by atoms with E-state index in [2.05, 4.69) is 34.8 Å². The van der Waals surface area contributed by atoms with E-state index in [-0.39, 0.29) is 15.4 Å². The van der Waals surface area contributed by atoms with E-state index in [1.165, 1.54) is 0 Å². The summed E-state index contributed by atoms with van der Waals surface area (Å²) in [5, 5.41) is 10.9. The summed E-state index contributed by atoms with van der Waals surface area (Å²) in [4.78, 5) is 14.9. The van der Waals surface area contributed by atoms with Crippen LogP contribution in [0.4, 0.5) is 5.69 Å². The van der Waals surface area contributed by atoms with Crippen molar-refractivity contribution in [1.29, 1.82) is 0 Å². The summed E-state index contributed by atoms with van der Waals surface area (Å²) in [7, 11) is 0. The molecule has 0 fully saturated rings. The standard InChI is InChI=1S/C11H15BrN2O2/c1-7(2)9(12)6-10-11(14(15)16)8(3)4-5-13-10/h4-5,7,9H,6H2,1-3H3. The van der Waals surface area contributed by atoms with Gasteiger partial charge in [-0.2, -0.15) is 0 Å². The van der Waals surface area contributed by atoms with Crippen molar-refractivity contribution in [1.82, 2.24) is 4.98 Å². The molecule has 16 heavy (non-hydrogen) atoms. The topological polar surface area (TPSA) is 56.0 Å². The molecule has 0 bridgehead atoms. The van der Waals surface area contributed by atoms with Crippen LogP contribution in [0.3, 0.4) is 0 Å². The van der Waals surface area contributed by atoms with Crippen LogP contribution in [0, 0.1) is 23.0 Å². The molecule has 1 atom stereocenters. The molecular formula is C11H15BrN2O2. The molecule has 0 aliphatic rings. The molecule has 0 aliphatic carbocycles. The zero-order valence-electron chi connectivity index (χ0n) is 9.61. The van der Waals surface area contributed by atoms with Crippen LogP contribution in [-0.4, -0.2) is 14.7 Å². The van der Waals surface area contributed by atoms with Crippen LogP contribution in [0.25, 0.3) is 0 Å². The number of rotatable bonds is 4. The second-order valence-electron chi connectivity index (χ2n) is 4.14. The van der Waals surface area contributed by atoms with Crippen LogP contribution < -0.4 is 0 Å². The minimum atomic E-state index is -0.349. The molecule has 0 spiro atoms. The molecule has 0 radical (unpaired) electrons. The number of nitro groups is 1. The van der Waals surface area contributed by atoms with Crippen molar-refractivity contribution in [2.75, 3.05) is 0 Å². The summed E-state index contributed by atoms with van der Waals surface area (Å²) in [6, 6.07) is 1.67. The lowest BCUT2D eigenvalue weighted by Gasteiger charge is -2.13. The zero-order valence-corrected chi connectivity index (χ0v) is 11.2. The number of halogens is 1. The van der Waals surface area contributed by atoms with E-state index in [1.54, 1.807) is 19.2 Å². The van der Waals surface area contributed by atoms with Crippen LogP contribution in [0.5, 0.6) is 0 Å². The summed E-state index contributed by atoms with van der Waals surface area (Å²) in [6.45, 7) is 5.88. The zero-order chi connectivity index (χ0) is 12.3. The second-order valence-corrected chi connectivity index (χ2v) is 5.32. The molecule has 0 saturated carbocycles. The molecule has 1 heterocycles. The van der Waals surface area contributed by atoms with Gasteiger partial charge in [0.25, 0.3) is 5.69 Å². The molecule has 1 aromatic rings. The first-order chi connectivity index (χ1) is 7.43. The van der Waals surface area contributed by atoms with E-state index in [0.717, 1.165) is 0 Å². The molecule has 88 valence electrons. The Kier molecular flexibility index (Phi) is 4.41. The van der Waals surface area contributed by atoms with Crippen molar-refractivity contribution in [3.8, 4) is 0 Å². The molecule has 0 saturated heterocycles. The second kappa shape index (κ2) is 5.39. The van der Waals surface area contributed by atoms with Crippen molar-refractivity contribution in [3.63, 3.8) is 0 Å². The maximum absolute atomic E-state index is 10.9. The number of alkyl halides is 1. The van der Waals surface area contributed by atoms with Crippen molar-refractivity contribution >= 4 is 21.6 Å². The lowest BCUT2D eigenvalue weighted by Crippen LogP contribution is -2.13. The van der Waals surface area contributed by atoms with Gasteiger partial charge in [0.1, 0.15) is 5.69 Å². The maximum Gasteiger partial charge on any atom is 0.293 e. The number of hydrogen-bond acceptors (Lipinski definition) is 3. The lowest BCUT2D eigenvalue weighted by molar-refractivity contribution is -0.386. The van der Waals surface area contributed by atoms with Crippen LogP contribution in [0.15, 0.2) is 12.3 Å². The van der Waals surface area contributed by atoms with E-state index in [4.69, 9.17) is 0 Å². The first-order valence-electron chi connectivity index (χ1n) is 5.16. The summed E-state index contributed by atoms with van der Waals surface area (Å²) >= 11 is 3.52. The lowest BCUT2D eigenvalue weighted by atomic mass is 10.0. The van der Waals surface area contributed by atoms with Gasteiger partial charge in [0.2, 0.25) is 0 Å². The van der Waals surface area contributed by atoms with Crippen LogP contribution >= 0.6 is 15.9 Å². The van der Waals surface area contributed by atoms with Crippen molar-refractivity contribution < 1.29 is 4.92 Å². The van der Waals surface area contributed by atoms with Gasteiger partial charge in [-0.15, -0.1) is 0 Å². The molecular weight excluding hydrogens is 272 g/mol. The monoisotopic (exact) mass is 286 g/mol. The van der Waals surface area contributed by atoms with E-state index in [0.29, 0.717) is 23.6 Å². The fourth-order valence-corrected chi connectivity index (χ4v) is 1.73. The highest BCUT2D eigenvalue weighted by atomic mass is 79.9. The summed E-state index contributed by atoms with van der Waals surface area (Å²) < 4.78 is 0. The van der Waals surface area contributed by atoms with Gasteiger partial charge in [0.05, 0.1) is 4.92 Å². The Morgan fingerprint density at radius 3 is 2.69 bits per heavy atom. The highest BCUT2D eigenvalue weighted by Gasteiger charge is 2.21. The Hall–Kier alpha value is -0.970. The van der Waals surface area contributed by atoms with Crippen LogP contribution in [0.1, 0.15) is 25.1 Å².